The predicted octanol–water partition coefficient (Wildman–Crippen LogP) is 4.55. The van der Waals surface area contributed by atoms with Gasteiger partial charge in [-0.2, -0.15) is 0 Å². The Morgan fingerprint density at radius 2 is 2.03 bits per heavy atom. The summed E-state index contributed by atoms with van der Waals surface area (Å²) >= 11 is 0. The maximum Gasteiger partial charge on any atom is 0.247 e. The molecule has 6 heteroatoms. The number of aromatic nitrogens is 2. The van der Waals surface area contributed by atoms with E-state index >= 15 is 0 Å². The second-order valence-electron chi connectivity index (χ2n) is 8.50. The number of carbonyl (C=O) groups excluding carboxylic acids is 1. The molecule has 0 bridgehead atoms. The van der Waals surface area contributed by atoms with E-state index in [4.69, 9.17) is 0 Å². The molecule has 0 atom stereocenters. The second-order valence-corrected chi connectivity index (χ2v) is 8.50. The quantitative estimate of drug-likeness (QED) is 0.465. The molecule has 0 saturated carbocycles. The van der Waals surface area contributed by atoms with Gasteiger partial charge >= 0.3 is 0 Å². The maximum atomic E-state index is 12.1. The number of amides is 1. The molecule has 0 saturated heterocycles. The first kappa shape index (κ1) is 23.4. The molecule has 0 fully saturated rings. The third-order valence-electron chi connectivity index (χ3n) is 6.12. The van der Waals surface area contributed by atoms with Crippen molar-refractivity contribution in [3.63, 3.8) is 0 Å². The molecule has 2 heterocycles. The van der Waals surface area contributed by atoms with E-state index in [9.17, 15) is 4.79 Å². The second kappa shape index (κ2) is 10.4. The molecule has 2 N–H and O–H groups in total. The van der Waals surface area contributed by atoms with Gasteiger partial charge in [0, 0.05) is 54.3 Å². The van der Waals surface area contributed by atoms with Crippen molar-refractivity contribution < 1.29 is 4.79 Å². The van der Waals surface area contributed by atoms with Crippen molar-refractivity contribution in [3.8, 4) is 11.1 Å². The van der Waals surface area contributed by atoms with Gasteiger partial charge < -0.3 is 20.1 Å². The van der Waals surface area contributed by atoms with Crippen molar-refractivity contribution in [2.24, 2.45) is 7.05 Å². The molecule has 6 nitrogen and oxygen atoms in total. The molecule has 176 valence electrons. The fourth-order valence-electron chi connectivity index (χ4n) is 4.51. The number of fused-ring (bicyclic) bond motifs is 1. The fourth-order valence-corrected chi connectivity index (χ4v) is 4.51. The Bertz CT molecular complexity index is 1320. The van der Waals surface area contributed by atoms with Gasteiger partial charge in [-0.25, -0.2) is 4.98 Å². The zero-order chi connectivity index (χ0) is 24.1. The fraction of sp³-hybridized carbons (Fsp3) is 0.286. The van der Waals surface area contributed by atoms with Crippen molar-refractivity contribution >= 4 is 40.9 Å². The van der Waals surface area contributed by atoms with Gasteiger partial charge in [-0.3, -0.25) is 4.79 Å². The van der Waals surface area contributed by atoms with Crippen molar-refractivity contribution in [1.29, 1.82) is 0 Å². The van der Waals surface area contributed by atoms with Gasteiger partial charge in [-0.1, -0.05) is 25.7 Å². The Kier molecular flexibility index (Phi) is 7.16. The van der Waals surface area contributed by atoms with Crippen LogP contribution in [0, 0.1) is 0 Å². The lowest BCUT2D eigenvalue weighted by Gasteiger charge is -2.26. The average Bonchev–Trinajstić information content (AvgIpc) is 3.20. The van der Waals surface area contributed by atoms with Gasteiger partial charge in [-0.15, -0.1) is 0 Å². The lowest BCUT2D eigenvalue weighted by Crippen LogP contribution is -2.29. The molecule has 3 aromatic rings. The van der Waals surface area contributed by atoms with Crippen LogP contribution in [0.5, 0.6) is 0 Å². The summed E-state index contributed by atoms with van der Waals surface area (Å²) in [7, 11) is 2.09. The van der Waals surface area contributed by atoms with Crippen LogP contribution < -0.4 is 26.1 Å². The van der Waals surface area contributed by atoms with Crippen LogP contribution in [0.25, 0.3) is 23.3 Å². The van der Waals surface area contributed by atoms with E-state index in [1.807, 2.05) is 30.5 Å². The van der Waals surface area contributed by atoms with Crippen LogP contribution >= 0.6 is 0 Å². The summed E-state index contributed by atoms with van der Waals surface area (Å²) in [5, 5.41) is 8.95. The number of hydrogen-bond acceptors (Lipinski definition) is 4. The standard InChI is InChI=1S/C28H33N5O/c1-5-16-33(7-3)26-13-12-21(18-24(26)31-28(34)6-2)30-27-17-20(14-15-29-27)23-19-32(4)25-11-9-8-10-22(23)25/h6,10-15,17-19H,2,5,7-9,16H2,1,3-4H3,(H,29,30)(H,31,34). The van der Waals surface area contributed by atoms with Crippen molar-refractivity contribution in [2.75, 3.05) is 28.6 Å². The van der Waals surface area contributed by atoms with Gasteiger partial charge in [0.1, 0.15) is 5.82 Å². The lowest BCUT2D eigenvalue weighted by molar-refractivity contribution is -0.111. The third kappa shape index (κ3) is 4.91. The van der Waals surface area contributed by atoms with Crippen LogP contribution in [-0.2, 0) is 11.8 Å². The van der Waals surface area contributed by atoms with E-state index in [2.05, 4.69) is 77.0 Å². The molecular formula is C28H33N5O. The first-order valence-electron chi connectivity index (χ1n) is 12.0. The molecule has 0 unspecified atom stereocenters. The summed E-state index contributed by atoms with van der Waals surface area (Å²) in [6.45, 7) is 9.64. The lowest BCUT2D eigenvalue weighted by atomic mass is 10.0. The van der Waals surface area contributed by atoms with Crippen molar-refractivity contribution in [1.82, 2.24) is 9.55 Å². The number of carbonyl (C=O) groups is 1. The number of rotatable bonds is 9. The number of anilines is 4. The number of nitrogens with zero attached hydrogens (tertiary/aromatic N) is 3. The molecule has 1 aliphatic carbocycles. The molecule has 1 amide bonds. The minimum absolute atomic E-state index is 0.229. The molecule has 0 radical (unpaired) electrons. The van der Waals surface area contributed by atoms with E-state index in [1.165, 1.54) is 22.2 Å². The zero-order valence-electron chi connectivity index (χ0n) is 20.3. The molecule has 2 aromatic heterocycles. The first-order valence-corrected chi connectivity index (χ1v) is 12.0. The van der Waals surface area contributed by atoms with E-state index < -0.39 is 0 Å². The number of aryl methyl sites for hydroxylation is 1. The van der Waals surface area contributed by atoms with Crippen LogP contribution in [0.2, 0.25) is 0 Å². The van der Waals surface area contributed by atoms with Gasteiger partial charge in [0.25, 0.3) is 0 Å². The van der Waals surface area contributed by atoms with Crippen LogP contribution in [0.3, 0.4) is 0 Å². The van der Waals surface area contributed by atoms with Crippen LogP contribution in [0.1, 0.15) is 33.1 Å². The third-order valence-corrected chi connectivity index (χ3v) is 6.12. The largest absolute Gasteiger partial charge is 0.370 e. The summed E-state index contributed by atoms with van der Waals surface area (Å²) in [5.74, 6) is 0.525. The number of nitrogens with one attached hydrogen (secondary N) is 2. The van der Waals surface area contributed by atoms with Gasteiger partial charge in [0.05, 0.1) is 11.4 Å². The summed E-state index contributed by atoms with van der Waals surface area (Å²) in [5.41, 5.74) is 4.94. The normalized spacial score (nSPS) is 12.2. The smallest absolute Gasteiger partial charge is 0.247 e. The van der Waals surface area contributed by atoms with Gasteiger partial charge in [0.15, 0.2) is 0 Å². The highest BCUT2D eigenvalue weighted by molar-refractivity contribution is 6.01. The maximum absolute atomic E-state index is 12.1. The Morgan fingerprint density at radius 3 is 2.79 bits per heavy atom. The number of benzene rings is 1. The Balaban J connectivity index is 1.66. The van der Waals surface area contributed by atoms with Crippen LogP contribution in [0.4, 0.5) is 22.9 Å². The molecule has 34 heavy (non-hydrogen) atoms. The van der Waals surface area contributed by atoms with Crippen molar-refractivity contribution in [3.05, 3.63) is 65.9 Å². The summed E-state index contributed by atoms with van der Waals surface area (Å²) in [4.78, 5) is 18.9. The minimum Gasteiger partial charge on any atom is -0.370 e. The van der Waals surface area contributed by atoms with Crippen molar-refractivity contribution in [2.45, 2.75) is 33.1 Å². The molecule has 1 aromatic carbocycles. The zero-order valence-corrected chi connectivity index (χ0v) is 20.3. The highest BCUT2D eigenvalue weighted by Crippen LogP contribution is 2.31. The SMILES string of the molecule is C=CC(=O)Nc1cc(Nc2cc(-c3cn(C)c4c3=CCCC=4)ccn2)ccc1N(CC)CCC. The summed E-state index contributed by atoms with van der Waals surface area (Å²) < 4.78 is 2.19. The Hall–Kier alpha value is -3.80. The Morgan fingerprint density at radius 1 is 1.21 bits per heavy atom. The Labute approximate surface area is 201 Å². The average molecular weight is 456 g/mol. The minimum atomic E-state index is -0.229. The van der Waals surface area contributed by atoms with Crippen LogP contribution in [0.15, 0.2) is 55.4 Å². The van der Waals surface area contributed by atoms with E-state index in [0.29, 0.717) is 0 Å². The van der Waals surface area contributed by atoms with E-state index in [1.54, 1.807) is 0 Å². The molecule has 0 spiro atoms. The number of hydrogen-bond donors (Lipinski definition) is 2. The van der Waals surface area contributed by atoms with Gasteiger partial charge in [0.2, 0.25) is 5.91 Å². The summed E-state index contributed by atoms with van der Waals surface area (Å²) in [6, 6.07) is 10.1. The topological polar surface area (TPSA) is 62.2 Å². The molecular weight excluding hydrogens is 422 g/mol. The molecule has 4 rings (SSSR count). The molecule has 1 aliphatic rings. The molecule has 0 aliphatic heterocycles. The van der Waals surface area contributed by atoms with Crippen LogP contribution in [-0.4, -0.2) is 28.5 Å². The number of pyridine rings is 1. The first-order chi connectivity index (χ1) is 16.5. The monoisotopic (exact) mass is 455 g/mol. The highest BCUT2D eigenvalue weighted by Gasteiger charge is 2.13. The van der Waals surface area contributed by atoms with E-state index in [-0.39, 0.29) is 5.91 Å². The van der Waals surface area contributed by atoms with Gasteiger partial charge in [-0.05, 0) is 68.2 Å². The summed E-state index contributed by atoms with van der Waals surface area (Å²) in [6.07, 6.45) is 13.1. The predicted molar refractivity (Wildman–Crippen MR) is 143 cm³/mol. The highest BCUT2D eigenvalue weighted by atomic mass is 16.1. The van der Waals surface area contributed by atoms with E-state index in [0.717, 1.165) is 60.8 Å².